The van der Waals surface area contributed by atoms with Crippen LogP contribution in [0.5, 0.6) is 0 Å². The Morgan fingerprint density at radius 3 is 1.72 bits per heavy atom. The lowest BCUT2D eigenvalue weighted by Gasteiger charge is -2.35. The van der Waals surface area contributed by atoms with Crippen LogP contribution >= 0.6 is 0 Å². The van der Waals surface area contributed by atoms with Crippen molar-refractivity contribution < 1.29 is 41.4 Å². The number of hydrogen-bond acceptors (Lipinski definition) is 5. The number of ether oxygens (including phenoxy) is 2. The van der Waals surface area contributed by atoms with Gasteiger partial charge in [0, 0.05) is 29.4 Å². The Bertz CT molecular complexity index is 1000. The molecule has 0 heterocycles. The predicted molar refractivity (Wildman–Crippen MR) is 92.2 cm³/mol. The Labute approximate surface area is 162 Å². The van der Waals surface area contributed by atoms with Crippen molar-refractivity contribution in [1.29, 1.82) is 0 Å². The Hall–Kier alpha value is -3.07. The molecule has 0 radical (unpaired) electrons. The molecule has 0 saturated heterocycles. The molecule has 0 unspecified atom stereocenters. The van der Waals surface area contributed by atoms with E-state index in [4.69, 9.17) is 0 Å². The van der Waals surface area contributed by atoms with Gasteiger partial charge in [-0.1, -0.05) is 24.3 Å². The summed E-state index contributed by atoms with van der Waals surface area (Å²) in [5.74, 6) is -10.7. The number of methoxy groups -OCH3 is 1. The van der Waals surface area contributed by atoms with Crippen LogP contribution in [0.3, 0.4) is 0 Å². The summed E-state index contributed by atoms with van der Waals surface area (Å²) in [6.45, 7) is -1.07. The van der Waals surface area contributed by atoms with E-state index in [0.29, 0.717) is 6.07 Å². The molecule has 3 rings (SSSR count). The standard InChI is InChI=1S/C20H14F4O5/c1-28-8-17(26)11-2-4-13-14-5-3-12(18(27)9-29-10-25)7-16(14)20(23,24)19(21,22)15(13)6-11/h2-7,10H,8-9H2,1H3. The van der Waals surface area contributed by atoms with Gasteiger partial charge in [0.05, 0.1) is 0 Å². The highest BCUT2D eigenvalue weighted by Crippen LogP contribution is 2.58. The number of carbonyl (C=O) groups is 3. The van der Waals surface area contributed by atoms with Gasteiger partial charge in [-0.25, -0.2) is 0 Å². The van der Waals surface area contributed by atoms with E-state index in [1.54, 1.807) is 0 Å². The summed E-state index contributed by atoms with van der Waals surface area (Å²) in [7, 11) is 1.24. The number of fused-ring (bicyclic) bond motifs is 3. The molecule has 0 aromatic heterocycles. The zero-order valence-corrected chi connectivity index (χ0v) is 15.0. The Balaban J connectivity index is 2.17. The third kappa shape index (κ3) is 3.31. The van der Waals surface area contributed by atoms with Gasteiger partial charge in [-0.15, -0.1) is 0 Å². The monoisotopic (exact) mass is 410 g/mol. The largest absolute Gasteiger partial charge is 0.459 e. The second-order valence-corrected chi connectivity index (χ2v) is 6.36. The van der Waals surface area contributed by atoms with Gasteiger partial charge in [0.25, 0.3) is 6.47 Å². The number of Topliss-reactive ketones (excluding diaryl/α,β-unsaturated/α-hetero) is 2. The smallest absolute Gasteiger partial charge is 0.340 e. The fourth-order valence-corrected chi connectivity index (χ4v) is 3.17. The van der Waals surface area contributed by atoms with Gasteiger partial charge in [0.1, 0.15) is 6.61 Å². The Kier molecular flexibility index (Phi) is 5.27. The van der Waals surface area contributed by atoms with Gasteiger partial charge < -0.3 is 9.47 Å². The van der Waals surface area contributed by atoms with Crippen LogP contribution in [-0.2, 0) is 26.1 Å². The van der Waals surface area contributed by atoms with Gasteiger partial charge in [-0.2, -0.15) is 17.6 Å². The molecule has 152 valence electrons. The highest BCUT2D eigenvalue weighted by Gasteiger charge is 2.62. The maximum atomic E-state index is 14.8. The zero-order valence-electron chi connectivity index (χ0n) is 15.0. The minimum absolute atomic E-state index is 0.0117. The molecule has 0 fully saturated rings. The summed E-state index contributed by atoms with van der Waals surface area (Å²) >= 11 is 0. The summed E-state index contributed by atoms with van der Waals surface area (Å²) < 4.78 is 68.0. The van der Waals surface area contributed by atoms with Gasteiger partial charge >= 0.3 is 11.8 Å². The average Bonchev–Trinajstić information content (AvgIpc) is 2.70. The third-order valence-electron chi connectivity index (χ3n) is 4.60. The van der Waals surface area contributed by atoms with Crippen molar-refractivity contribution in [3.63, 3.8) is 0 Å². The van der Waals surface area contributed by atoms with Crippen LogP contribution < -0.4 is 0 Å². The first-order chi connectivity index (χ1) is 13.6. The second kappa shape index (κ2) is 7.40. The summed E-state index contributed by atoms with van der Waals surface area (Å²) in [5, 5.41) is 0. The van der Waals surface area contributed by atoms with Crippen LogP contribution in [-0.4, -0.2) is 38.4 Å². The molecule has 0 amide bonds. The van der Waals surface area contributed by atoms with Gasteiger partial charge in [0.15, 0.2) is 18.2 Å². The number of ketones is 2. The number of benzene rings is 2. The van der Waals surface area contributed by atoms with Crippen LogP contribution in [0, 0.1) is 0 Å². The minimum Gasteiger partial charge on any atom is -0.459 e. The van der Waals surface area contributed by atoms with Gasteiger partial charge in [0.2, 0.25) is 0 Å². The van der Waals surface area contributed by atoms with Crippen molar-refractivity contribution in [1.82, 2.24) is 0 Å². The van der Waals surface area contributed by atoms with E-state index < -0.39 is 41.1 Å². The number of rotatable bonds is 7. The topological polar surface area (TPSA) is 69.7 Å². The van der Waals surface area contributed by atoms with E-state index in [9.17, 15) is 31.9 Å². The lowest BCUT2D eigenvalue weighted by atomic mass is 9.79. The van der Waals surface area contributed by atoms with Crippen molar-refractivity contribution in [2.24, 2.45) is 0 Å². The molecule has 0 atom stereocenters. The van der Waals surface area contributed by atoms with Crippen LogP contribution in [0.25, 0.3) is 11.1 Å². The molecule has 2 aromatic carbocycles. The van der Waals surface area contributed by atoms with Crippen LogP contribution in [0.15, 0.2) is 36.4 Å². The van der Waals surface area contributed by atoms with E-state index in [2.05, 4.69) is 9.47 Å². The molecular formula is C20H14F4O5. The first-order valence-corrected chi connectivity index (χ1v) is 8.30. The molecule has 9 heteroatoms. The van der Waals surface area contributed by atoms with Crippen molar-refractivity contribution in [2.75, 3.05) is 20.3 Å². The highest BCUT2D eigenvalue weighted by molar-refractivity contribution is 5.99. The molecule has 1 aliphatic carbocycles. The third-order valence-corrected chi connectivity index (χ3v) is 4.60. The lowest BCUT2D eigenvalue weighted by molar-refractivity contribution is -0.225. The molecule has 0 N–H and O–H groups in total. The fourth-order valence-electron chi connectivity index (χ4n) is 3.17. The van der Waals surface area contributed by atoms with Crippen molar-refractivity contribution in [3.8, 4) is 11.1 Å². The first kappa shape index (κ1) is 20.7. The van der Waals surface area contributed by atoms with Crippen LogP contribution in [0.2, 0.25) is 0 Å². The minimum atomic E-state index is -4.64. The molecule has 0 aliphatic heterocycles. The number of halogens is 4. The highest BCUT2D eigenvalue weighted by atomic mass is 19.3. The molecule has 29 heavy (non-hydrogen) atoms. The normalized spacial score (nSPS) is 15.8. The number of hydrogen-bond donors (Lipinski definition) is 0. The van der Waals surface area contributed by atoms with Crippen molar-refractivity contribution in [3.05, 3.63) is 58.7 Å². The SMILES string of the molecule is COCC(=O)c1ccc2c(c1)C(F)(F)C(F)(F)c1cc(C(=O)COC=O)ccc1-2. The maximum Gasteiger partial charge on any atom is 0.340 e. The summed E-state index contributed by atoms with van der Waals surface area (Å²) in [6, 6.07) is 6.14. The van der Waals surface area contributed by atoms with Crippen LogP contribution in [0.4, 0.5) is 17.6 Å². The Morgan fingerprint density at radius 2 is 1.31 bits per heavy atom. The molecule has 5 nitrogen and oxygen atoms in total. The first-order valence-electron chi connectivity index (χ1n) is 8.30. The molecule has 2 aromatic rings. The predicted octanol–water partition coefficient (Wildman–Crippen LogP) is 3.74. The summed E-state index contributed by atoms with van der Waals surface area (Å²) in [6.07, 6.45) is 0. The molecule has 0 bridgehead atoms. The van der Waals surface area contributed by atoms with E-state index in [0.717, 1.165) is 18.2 Å². The maximum absolute atomic E-state index is 14.8. The van der Waals surface area contributed by atoms with E-state index >= 15 is 0 Å². The van der Waals surface area contributed by atoms with Crippen molar-refractivity contribution in [2.45, 2.75) is 11.8 Å². The van der Waals surface area contributed by atoms with E-state index in [1.807, 2.05) is 0 Å². The van der Waals surface area contributed by atoms with E-state index in [-0.39, 0.29) is 35.3 Å². The Morgan fingerprint density at radius 1 is 0.862 bits per heavy atom. The summed E-state index contributed by atoms with van der Waals surface area (Å²) in [4.78, 5) is 34.0. The van der Waals surface area contributed by atoms with E-state index in [1.165, 1.54) is 19.2 Å². The van der Waals surface area contributed by atoms with Crippen molar-refractivity contribution >= 4 is 18.0 Å². The lowest BCUT2D eigenvalue weighted by Crippen LogP contribution is -2.39. The fraction of sp³-hybridized carbons (Fsp3) is 0.250. The van der Waals surface area contributed by atoms with Gasteiger partial charge in [-0.05, 0) is 23.3 Å². The molecule has 1 aliphatic rings. The van der Waals surface area contributed by atoms with Crippen LogP contribution in [0.1, 0.15) is 31.8 Å². The number of carbonyl (C=O) groups excluding carboxylic acids is 3. The molecule has 0 spiro atoms. The number of alkyl halides is 4. The average molecular weight is 410 g/mol. The summed E-state index contributed by atoms with van der Waals surface area (Å²) in [5.41, 5.74) is -2.84. The quantitative estimate of drug-likeness (QED) is 0.395. The zero-order chi connectivity index (χ0) is 21.4. The molecule has 0 saturated carbocycles. The van der Waals surface area contributed by atoms with Gasteiger partial charge in [-0.3, -0.25) is 14.4 Å². The molecular weight excluding hydrogens is 396 g/mol. The second-order valence-electron chi connectivity index (χ2n) is 6.36.